The highest BCUT2D eigenvalue weighted by Gasteiger charge is 2.06. The van der Waals surface area contributed by atoms with Crippen LogP contribution in [0.1, 0.15) is 18.1 Å². The number of nitrogens with zero attached hydrogens (tertiary/aromatic N) is 2. The summed E-state index contributed by atoms with van der Waals surface area (Å²) >= 11 is 1.57. The number of fused-ring (bicyclic) bond motifs is 1. The predicted molar refractivity (Wildman–Crippen MR) is 85.0 cm³/mol. The monoisotopic (exact) mass is 284 g/mol. The molecule has 2 heterocycles. The van der Waals surface area contributed by atoms with Crippen molar-refractivity contribution in [3.8, 4) is 0 Å². The van der Waals surface area contributed by atoms with Crippen molar-refractivity contribution < 1.29 is 0 Å². The van der Waals surface area contributed by atoms with Crippen LogP contribution in [0.25, 0.3) is 10.2 Å². The first-order valence-corrected chi connectivity index (χ1v) is 7.46. The third kappa shape index (κ3) is 2.58. The molecule has 0 spiro atoms. The van der Waals surface area contributed by atoms with Gasteiger partial charge in [0.2, 0.25) is 5.95 Å². The zero-order valence-corrected chi connectivity index (χ0v) is 12.1. The van der Waals surface area contributed by atoms with Crippen molar-refractivity contribution >= 4 is 33.3 Å². The van der Waals surface area contributed by atoms with E-state index in [0.717, 1.165) is 29.0 Å². The summed E-state index contributed by atoms with van der Waals surface area (Å²) in [5, 5.41) is 6.37. The fraction of sp³-hybridized carbons (Fsp3) is 0.200. The third-order valence-corrected chi connectivity index (χ3v) is 4.04. The molecule has 0 radical (unpaired) electrons. The molecule has 0 bridgehead atoms. The highest BCUT2D eigenvalue weighted by molar-refractivity contribution is 7.16. The molecule has 0 aliphatic carbocycles. The van der Waals surface area contributed by atoms with Crippen LogP contribution >= 0.6 is 11.3 Å². The predicted octanol–water partition coefficient (Wildman–Crippen LogP) is 3.45. The Morgan fingerprint density at radius 2 is 1.85 bits per heavy atom. The molecule has 102 valence electrons. The molecule has 0 saturated carbocycles. The van der Waals surface area contributed by atoms with E-state index in [2.05, 4.69) is 46.5 Å². The number of nitrogens with one attached hydrogen (secondary N) is 1. The number of anilines is 2. The number of nitrogens with two attached hydrogens (primary N) is 1. The van der Waals surface area contributed by atoms with E-state index in [0.29, 0.717) is 5.95 Å². The lowest BCUT2D eigenvalue weighted by Crippen LogP contribution is -2.04. The largest absolute Gasteiger partial charge is 0.368 e. The van der Waals surface area contributed by atoms with Gasteiger partial charge in [-0.05, 0) is 29.0 Å². The number of aryl methyl sites for hydroxylation is 1. The Balaban J connectivity index is 1.80. The Morgan fingerprint density at radius 1 is 1.10 bits per heavy atom. The molecule has 3 aromatic rings. The molecular weight excluding hydrogens is 268 g/mol. The van der Waals surface area contributed by atoms with Gasteiger partial charge in [-0.15, -0.1) is 11.3 Å². The van der Waals surface area contributed by atoms with Crippen molar-refractivity contribution in [2.24, 2.45) is 0 Å². The van der Waals surface area contributed by atoms with E-state index in [4.69, 9.17) is 5.73 Å². The highest BCUT2D eigenvalue weighted by Crippen LogP contribution is 2.26. The first kappa shape index (κ1) is 12.9. The van der Waals surface area contributed by atoms with Gasteiger partial charge in [-0.1, -0.05) is 31.2 Å². The number of thiophene rings is 1. The van der Waals surface area contributed by atoms with Crippen molar-refractivity contribution in [1.82, 2.24) is 9.97 Å². The molecular formula is C15H16N4S. The van der Waals surface area contributed by atoms with Gasteiger partial charge in [0.1, 0.15) is 10.6 Å². The molecule has 0 fully saturated rings. The highest BCUT2D eigenvalue weighted by atomic mass is 32.1. The van der Waals surface area contributed by atoms with Gasteiger partial charge >= 0.3 is 0 Å². The van der Waals surface area contributed by atoms with Crippen LogP contribution < -0.4 is 11.1 Å². The van der Waals surface area contributed by atoms with Crippen LogP contribution in [0.4, 0.5) is 11.8 Å². The number of nitrogen functional groups attached to an aromatic ring is 1. The van der Waals surface area contributed by atoms with Crippen LogP contribution in [0, 0.1) is 0 Å². The second-order valence-corrected chi connectivity index (χ2v) is 5.49. The fourth-order valence-electron chi connectivity index (χ4n) is 2.09. The van der Waals surface area contributed by atoms with Crippen LogP contribution in [-0.2, 0) is 13.0 Å². The van der Waals surface area contributed by atoms with Gasteiger partial charge in [0.25, 0.3) is 0 Å². The molecule has 2 aromatic heterocycles. The Hall–Kier alpha value is -2.14. The number of rotatable bonds is 4. The summed E-state index contributed by atoms with van der Waals surface area (Å²) in [5.74, 6) is 1.11. The van der Waals surface area contributed by atoms with Gasteiger partial charge < -0.3 is 11.1 Å². The normalized spacial score (nSPS) is 10.8. The maximum Gasteiger partial charge on any atom is 0.223 e. The van der Waals surface area contributed by atoms with Crippen molar-refractivity contribution in [2.45, 2.75) is 19.9 Å². The summed E-state index contributed by atoms with van der Waals surface area (Å²) in [5.41, 5.74) is 8.31. The average Bonchev–Trinajstić information content (AvgIpc) is 2.93. The molecule has 0 aliphatic heterocycles. The van der Waals surface area contributed by atoms with Crippen molar-refractivity contribution in [3.05, 3.63) is 46.8 Å². The lowest BCUT2D eigenvalue weighted by molar-refractivity contribution is 1.09. The number of benzene rings is 1. The quantitative estimate of drug-likeness (QED) is 0.770. The van der Waals surface area contributed by atoms with E-state index in [1.165, 1.54) is 11.1 Å². The number of hydrogen-bond acceptors (Lipinski definition) is 5. The van der Waals surface area contributed by atoms with Crippen LogP contribution in [0.2, 0.25) is 0 Å². The van der Waals surface area contributed by atoms with Crippen LogP contribution in [0.5, 0.6) is 0 Å². The Bertz CT molecular complexity index is 718. The fourth-order valence-corrected chi connectivity index (χ4v) is 2.86. The first-order valence-electron chi connectivity index (χ1n) is 6.58. The van der Waals surface area contributed by atoms with Crippen LogP contribution in [0.3, 0.4) is 0 Å². The topological polar surface area (TPSA) is 63.8 Å². The van der Waals surface area contributed by atoms with Crippen molar-refractivity contribution in [2.75, 3.05) is 11.1 Å². The van der Waals surface area contributed by atoms with E-state index in [1.54, 1.807) is 11.3 Å². The first-order chi connectivity index (χ1) is 9.76. The van der Waals surface area contributed by atoms with Gasteiger partial charge in [0, 0.05) is 6.54 Å². The minimum atomic E-state index is 0.309. The molecule has 0 atom stereocenters. The molecule has 0 saturated heterocycles. The standard InChI is InChI=1S/C15H16N4S/c1-2-10-3-5-11(6-4-10)9-17-13-12-7-8-20-14(12)19-15(16)18-13/h3-8H,2,9H2,1H3,(H3,16,17,18,19). The molecule has 0 amide bonds. The van der Waals surface area contributed by atoms with Gasteiger partial charge in [-0.2, -0.15) is 4.98 Å². The van der Waals surface area contributed by atoms with E-state index < -0.39 is 0 Å². The smallest absolute Gasteiger partial charge is 0.223 e. The molecule has 3 rings (SSSR count). The Labute approximate surface area is 121 Å². The molecule has 0 aliphatic rings. The van der Waals surface area contributed by atoms with Gasteiger partial charge in [0.05, 0.1) is 5.39 Å². The lowest BCUT2D eigenvalue weighted by atomic mass is 10.1. The summed E-state index contributed by atoms with van der Waals surface area (Å²) in [6, 6.07) is 10.6. The second kappa shape index (κ2) is 5.46. The van der Waals surface area contributed by atoms with E-state index in [1.807, 2.05) is 11.4 Å². The SMILES string of the molecule is CCc1ccc(CNc2nc(N)nc3sccc23)cc1. The van der Waals surface area contributed by atoms with Gasteiger partial charge in [-0.3, -0.25) is 0 Å². The third-order valence-electron chi connectivity index (χ3n) is 3.23. The molecule has 3 N–H and O–H groups in total. The zero-order chi connectivity index (χ0) is 13.9. The minimum Gasteiger partial charge on any atom is -0.368 e. The van der Waals surface area contributed by atoms with Gasteiger partial charge in [-0.25, -0.2) is 4.98 Å². The van der Waals surface area contributed by atoms with E-state index in [9.17, 15) is 0 Å². The summed E-state index contributed by atoms with van der Waals surface area (Å²) < 4.78 is 0. The van der Waals surface area contributed by atoms with Crippen LogP contribution in [-0.4, -0.2) is 9.97 Å². The van der Waals surface area contributed by atoms with Gasteiger partial charge in [0.15, 0.2) is 0 Å². The summed E-state index contributed by atoms with van der Waals surface area (Å²) in [4.78, 5) is 9.42. The lowest BCUT2D eigenvalue weighted by Gasteiger charge is -2.08. The Kier molecular flexibility index (Phi) is 3.52. The van der Waals surface area contributed by atoms with Crippen molar-refractivity contribution in [3.63, 3.8) is 0 Å². The maximum absolute atomic E-state index is 5.74. The zero-order valence-electron chi connectivity index (χ0n) is 11.3. The molecule has 5 heteroatoms. The minimum absolute atomic E-state index is 0.309. The average molecular weight is 284 g/mol. The Morgan fingerprint density at radius 3 is 2.60 bits per heavy atom. The van der Waals surface area contributed by atoms with Crippen molar-refractivity contribution in [1.29, 1.82) is 0 Å². The summed E-state index contributed by atoms with van der Waals surface area (Å²) in [6.45, 7) is 2.88. The summed E-state index contributed by atoms with van der Waals surface area (Å²) in [6.07, 6.45) is 1.06. The van der Waals surface area contributed by atoms with E-state index in [-0.39, 0.29) is 0 Å². The second-order valence-electron chi connectivity index (χ2n) is 4.59. The molecule has 1 aromatic carbocycles. The maximum atomic E-state index is 5.74. The molecule has 20 heavy (non-hydrogen) atoms. The molecule has 0 unspecified atom stereocenters. The number of hydrogen-bond donors (Lipinski definition) is 2. The van der Waals surface area contributed by atoms with E-state index >= 15 is 0 Å². The molecule has 4 nitrogen and oxygen atoms in total. The summed E-state index contributed by atoms with van der Waals surface area (Å²) in [7, 11) is 0. The number of aromatic nitrogens is 2. The van der Waals surface area contributed by atoms with Crippen LogP contribution in [0.15, 0.2) is 35.7 Å².